The van der Waals surface area contributed by atoms with Crippen LogP contribution in [0, 0.1) is 0 Å². The minimum absolute atomic E-state index is 0.00925. The molecule has 9 heteroatoms. The summed E-state index contributed by atoms with van der Waals surface area (Å²) >= 11 is 0. The Balaban J connectivity index is 1.59. The van der Waals surface area contributed by atoms with E-state index in [1.54, 1.807) is 43.4 Å². The molecule has 36 heavy (non-hydrogen) atoms. The van der Waals surface area contributed by atoms with Crippen LogP contribution in [0.15, 0.2) is 36.7 Å². The monoisotopic (exact) mass is 493 g/mol. The first kappa shape index (κ1) is 24.1. The molecule has 0 atom stereocenters. The molecule has 0 unspecified atom stereocenters. The minimum Gasteiger partial charge on any atom is -0.354 e. The average Bonchev–Trinajstić information content (AvgIpc) is 2.90. The van der Waals surface area contributed by atoms with Crippen molar-refractivity contribution in [3.63, 3.8) is 0 Å². The van der Waals surface area contributed by atoms with Gasteiger partial charge in [0.05, 0.1) is 0 Å². The quantitative estimate of drug-likeness (QED) is 0.568. The van der Waals surface area contributed by atoms with E-state index in [2.05, 4.69) is 15.3 Å². The molecule has 2 amide bonds. The van der Waals surface area contributed by atoms with Crippen molar-refractivity contribution in [3.8, 4) is 0 Å². The van der Waals surface area contributed by atoms with Crippen LogP contribution in [0.3, 0.4) is 0 Å². The fourth-order valence-electron chi connectivity index (χ4n) is 5.46. The van der Waals surface area contributed by atoms with Gasteiger partial charge in [-0.3, -0.25) is 14.6 Å². The first-order valence-corrected chi connectivity index (χ1v) is 12.3. The number of nitrogens with zero attached hydrogens (tertiary/aromatic N) is 4. The molecule has 1 aromatic carbocycles. The van der Waals surface area contributed by atoms with Crippen molar-refractivity contribution < 1.29 is 18.4 Å². The van der Waals surface area contributed by atoms with E-state index in [9.17, 15) is 18.4 Å². The highest BCUT2D eigenvalue weighted by Crippen LogP contribution is 2.43. The molecular weight excluding hydrogens is 464 g/mol. The summed E-state index contributed by atoms with van der Waals surface area (Å²) in [6, 6.07) is 7.09. The summed E-state index contributed by atoms with van der Waals surface area (Å²) in [6.45, 7) is 3.31. The number of pyridine rings is 2. The van der Waals surface area contributed by atoms with E-state index in [1.807, 2.05) is 17.0 Å². The number of piperidine rings is 1. The Morgan fingerprint density at radius 1 is 1.14 bits per heavy atom. The van der Waals surface area contributed by atoms with E-state index in [-0.39, 0.29) is 29.0 Å². The summed E-state index contributed by atoms with van der Waals surface area (Å²) in [7, 11) is 1.55. The van der Waals surface area contributed by atoms with Crippen LogP contribution in [0.4, 0.5) is 20.3 Å². The maximum Gasteiger partial charge on any atom is 0.269 e. The molecule has 188 valence electrons. The topological polar surface area (TPSA) is 78.4 Å². The number of aromatic nitrogens is 2. The van der Waals surface area contributed by atoms with E-state index in [4.69, 9.17) is 0 Å². The average molecular weight is 494 g/mol. The summed E-state index contributed by atoms with van der Waals surface area (Å²) < 4.78 is 28.8. The predicted molar refractivity (Wildman–Crippen MR) is 134 cm³/mol. The van der Waals surface area contributed by atoms with Gasteiger partial charge in [0.2, 0.25) is 5.91 Å². The number of fused-ring (bicyclic) bond motifs is 2. The second-order valence-corrected chi connectivity index (χ2v) is 9.45. The Morgan fingerprint density at radius 2 is 1.92 bits per heavy atom. The summed E-state index contributed by atoms with van der Waals surface area (Å²) in [6.07, 6.45) is 3.69. The standard InChI is InChI=1S/C27H29F2N5O2/c1-16(35)33-10-6-17(7-11-33)20-12-19-4-3-9-34(24(19)14-21(20)25(28)29)26-22-15-31-8-5-18(22)13-23(32-26)27(36)30-2/h5,8,12-15,17,25H,3-4,6-7,9-11H2,1-2H3,(H,30,36). The predicted octanol–water partition coefficient (Wildman–Crippen LogP) is 4.74. The second kappa shape index (κ2) is 9.79. The highest BCUT2D eigenvalue weighted by atomic mass is 19.3. The number of amides is 2. The number of hydrogen-bond donors (Lipinski definition) is 1. The Morgan fingerprint density at radius 3 is 2.61 bits per heavy atom. The Kier molecular flexibility index (Phi) is 6.55. The molecule has 2 aromatic heterocycles. The molecule has 0 saturated carbocycles. The lowest BCUT2D eigenvalue weighted by Crippen LogP contribution is -2.36. The second-order valence-electron chi connectivity index (χ2n) is 9.45. The molecule has 1 saturated heterocycles. The lowest BCUT2D eigenvalue weighted by Gasteiger charge is -2.35. The zero-order valence-corrected chi connectivity index (χ0v) is 20.4. The van der Waals surface area contributed by atoms with Gasteiger partial charge in [0.25, 0.3) is 12.3 Å². The van der Waals surface area contributed by atoms with Crippen molar-refractivity contribution in [2.24, 2.45) is 0 Å². The number of halogens is 2. The largest absolute Gasteiger partial charge is 0.354 e. The van der Waals surface area contributed by atoms with Crippen molar-refractivity contribution in [2.75, 3.05) is 31.6 Å². The summed E-state index contributed by atoms with van der Waals surface area (Å²) in [5, 5.41) is 4.18. The van der Waals surface area contributed by atoms with Gasteiger partial charge in [-0.1, -0.05) is 6.07 Å². The first-order valence-electron chi connectivity index (χ1n) is 12.3. The Labute approximate surface area is 208 Å². The van der Waals surface area contributed by atoms with Gasteiger partial charge in [-0.15, -0.1) is 0 Å². The normalized spacial score (nSPS) is 16.4. The van der Waals surface area contributed by atoms with Crippen molar-refractivity contribution in [2.45, 2.75) is 45.0 Å². The smallest absolute Gasteiger partial charge is 0.269 e. The highest BCUT2D eigenvalue weighted by Gasteiger charge is 2.30. The number of rotatable bonds is 4. The van der Waals surface area contributed by atoms with Gasteiger partial charge in [-0.2, -0.15) is 0 Å². The van der Waals surface area contributed by atoms with E-state index in [0.717, 1.165) is 29.2 Å². The van der Waals surface area contributed by atoms with Crippen molar-refractivity contribution in [1.29, 1.82) is 0 Å². The molecule has 2 aliphatic rings. The van der Waals surface area contributed by atoms with Gasteiger partial charge in [0.15, 0.2) is 0 Å². The Hall–Kier alpha value is -3.62. The lowest BCUT2D eigenvalue weighted by atomic mass is 9.83. The van der Waals surface area contributed by atoms with Crippen LogP contribution in [0.25, 0.3) is 10.8 Å². The summed E-state index contributed by atoms with van der Waals surface area (Å²) in [5.41, 5.74) is 2.69. The molecule has 5 rings (SSSR count). The summed E-state index contributed by atoms with van der Waals surface area (Å²) in [5.74, 6) is 0.248. The van der Waals surface area contributed by atoms with E-state index in [1.165, 1.54) is 0 Å². The molecule has 3 aromatic rings. The number of anilines is 2. The molecule has 1 fully saturated rings. The number of carbonyl (C=O) groups excluding carboxylic acids is 2. The number of aryl methyl sites for hydroxylation is 1. The highest BCUT2D eigenvalue weighted by molar-refractivity contribution is 6.01. The van der Waals surface area contributed by atoms with Crippen LogP contribution in [0.5, 0.6) is 0 Å². The maximum absolute atomic E-state index is 14.4. The van der Waals surface area contributed by atoms with Crippen molar-refractivity contribution in [1.82, 2.24) is 20.2 Å². The van der Waals surface area contributed by atoms with Crippen molar-refractivity contribution >= 4 is 34.1 Å². The van der Waals surface area contributed by atoms with E-state index < -0.39 is 6.43 Å². The van der Waals surface area contributed by atoms with Gasteiger partial charge >= 0.3 is 0 Å². The third-order valence-corrected chi connectivity index (χ3v) is 7.35. The van der Waals surface area contributed by atoms with Gasteiger partial charge in [0, 0.05) is 62.6 Å². The zero-order chi connectivity index (χ0) is 25.4. The van der Waals surface area contributed by atoms with E-state index in [0.29, 0.717) is 49.5 Å². The third-order valence-electron chi connectivity index (χ3n) is 7.35. The molecule has 2 aliphatic heterocycles. The third kappa shape index (κ3) is 4.38. The van der Waals surface area contributed by atoms with Crippen LogP contribution in [0.1, 0.15) is 65.7 Å². The van der Waals surface area contributed by atoms with Crippen molar-refractivity contribution in [3.05, 3.63) is 59.0 Å². The molecule has 1 N–H and O–H groups in total. The van der Waals surface area contributed by atoms with Gasteiger partial charge < -0.3 is 15.1 Å². The van der Waals surface area contributed by atoms with Crippen LogP contribution < -0.4 is 10.2 Å². The summed E-state index contributed by atoms with van der Waals surface area (Å²) in [4.78, 5) is 36.8. The number of alkyl halides is 2. The fraction of sp³-hybridized carbons (Fsp3) is 0.407. The number of likely N-dealkylation sites (tertiary alicyclic amines) is 1. The van der Waals surface area contributed by atoms with E-state index >= 15 is 0 Å². The first-order chi connectivity index (χ1) is 17.4. The molecule has 0 bridgehead atoms. The van der Waals surface area contributed by atoms with Crippen LogP contribution in [0.2, 0.25) is 0 Å². The molecule has 0 spiro atoms. The minimum atomic E-state index is -2.62. The number of carbonyl (C=O) groups is 2. The molecule has 0 aliphatic carbocycles. The molecule has 7 nitrogen and oxygen atoms in total. The van der Waals surface area contributed by atoms with Crippen LogP contribution >= 0.6 is 0 Å². The SMILES string of the molecule is CNC(=O)c1cc2ccncc2c(N2CCCc3cc(C4CCN(C(C)=O)CC4)c(C(F)F)cc32)n1. The van der Waals surface area contributed by atoms with Gasteiger partial charge in [-0.25, -0.2) is 13.8 Å². The van der Waals surface area contributed by atoms with Gasteiger partial charge in [-0.05, 0) is 66.3 Å². The lowest BCUT2D eigenvalue weighted by molar-refractivity contribution is -0.129. The molecule has 4 heterocycles. The zero-order valence-electron chi connectivity index (χ0n) is 20.4. The number of hydrogen-bond acceptors (Lipinski definition) is 5. The fourth-order valence-corrected chi connectivity index (χ4v) is 5.46. The molecular formula is C27H29F2N5O2. The number of benzene rings is 1. The number of nitrogens with one attached hydrogen (secondary N) is 1. The van der Waals surface area contributed by atoms with Gasteiger partial charge in [0.1, 0.15) is 11.5 Å². The molecule has 0 radical (unpaired) electrons. The van der Waals surface area contributed by atoms with Crippen LogP contribution in [-0.4, -0.2) is 53.4 Å². The Bertz CT molecular complexity index is 1320. The maximum atomic E-state index is 14.4. The van der Waals surface area contributed by atoms with Crippen LogP contribution in [-0.2, 0) is 11.2 Å².